The molecule has 22 heavy (non-hydrogen) atoms. The summed E-state index contributed by atoms with van der Waals surface area (Å²) in [5.74, 6) is 0.752. The number of nitrogens with zero attached hydrogens (tertiary/aromatic N) is 2. The predicted octanol–water partition coefficient (Wildman–Crippen LogP) is 4.83. The van der Waals surface area contributed by atoms with E-state index in [4.69, 9.17) is 9.78 Å². The molecule has 0 amide bonds. The van der Waals surface area contributed by atoms with Crippen molar-refractivity contribution in [3.8, 4) is 28.7 Å². The van der Waals surface area contributed by atoms with Crippen LogP contribution in [0.3, 0.4) is 0 Å². The van der Waals surface area contributed by atoms with Crippen LogP contribution in [-0.4, -0.2) is 5.16 Å². The van der Waals surface area contributed by atoms with Gasteiger partial charge in [-0.05, 0) is 24.1 Å². The van der Waals surface area contributed by atoms with Crippen LogP contribution in [0.1, 0.15) is 24.5 Å². The molecule has 2 aromatic carbocycles. The van der Waals surface area contributed by atoms with Gasteiger partial charge >= 0.3 is 0 Å². The average Bonchev–Trinajstić information content (AvgIpc) is 3.06. The van der Waals surface area contributed by atoms with Gasteiger partial charge in [-0.1, -0.05) is 54.9 Å². The van der Waals surface area contributed by atoms with Crippen molar-refractivity contribution in [2.45, 2.75) is 19.8 Å². The molecule has 108 valence electrons. The van der Waals surface area contributed by atoms with Gasteiger partial charge < -0.3 is 4.52 Å². The lowest BCUT2D eigenvalue weighted by Crippen LogP contribution is -1.82. The van der Waals surface area contributed by atoms with E-state index in [1.807, 2.05) is 18.2 Å². The second-order valence-corrected chi connectivity index (χ2v) is 5.21. The van der Waals surface area contributed by atoms with E-state index in [9.17, 15) is 0 Å². The van der Waals surface area contributed by atoms with E-state index in [-0.39, 0.29) is 0 Å². The van der Waals surface area contributed by atoms with E-state index >= 15 is 0 Å². The lowest BCUT2D eigenvalue weighted by atomic mass is 10.1. The summed E-state index contributed by atoms with van der Waals surface area (Å²) in [5, 5.41) is 12.9. The molecule has 1 heterocycles. The molecule has 3 heteroatoms. The van der Waals surface area contributed by atoms with Crippen molar-refractivity contribution < 1.29 is 4.52 Å². The summed E-state index contributed by atoms with van der Waals surface area (Å²) in [5.41, 5.74) is 4.71. The smallest absolute Gasteiger partial charge is 0.167 e. The molecule has 0 atom stereocenters. The Labute approximate surface area is 129 Å². The summed E-state index contributed by atoms with van der Waals surface area (Å²) in [6.07, 6.45) is 2.23. The van der Waals surface area contributed by atoms with Gasteiger partial charge in [-0.15, -0.1) is 0 Å². The van der Waals surface area contributed by atoms with Gasteiger partial charge in [-0.3, -0.25) is 0 Å². The molecule has 0 aliphatic carbocycles. The molecule has 0 unspecified atom stereocenters. The highest BCUT2D eigenvalue weighted by Crippen LogP contribution is 2.26. The fraction of sp³-hybridized carbons (Fsp3) is 0.158. The molecule has 0 N–H and O–H groups in total. The molecule has 3 aromatic rings. The molecular weight excluding hydrogens is 272 g/mol. The highest BCUT2D eigenvalue weighted by atomic mass is 16.5. The third-order valence-electron chi connectivity index (χ3n) is 3.60. The summed E-state index contributed by atoms with van der Waals surface area (Å²) in [6.45, 7) is 2.17. The van der Waals surface area contributed by atoms with Crippen molar-refractivity contribution in [2.24, 2.45) is 0 Å². The van der Waals surface area contributed by atoms with Crippen molar-refractivity contribution in [1.82, 2.24) is 5.16 Å². The zero-order valence-electron chi connectivity index (χ0n) is 12.4. The topological polar surface area (TPSA) is 49.8 Å². The van der Waals surface area contributed by atoms with Gasteiger partial charge in [0, 0.05) is 17.2 Å². The highest BCUT2D eigenvalue weighted by molar-refractivity contribution is 5.67. The van der Waals surface area contributed by atoms with E-state index in [2.05, 4.69) is 42.4 Å². The van der Waals surface area contributed by atoms with Crippen LogP contribution in [0.15, 0.2) is 59.1 Å². The standard InChI is InChI=1S/C19H16N2O/c1-2-3-14-4-10-17(11-5-14)19-12-18(21-22-19)16-8-6-15(13-20)7-9-16/h4-12H,2-3H2,1H3. The first-order valence-corrected chi connectivity index (χ1v) is 7.36. The Morgan fingerprint density at radius 1 is 1.00 bits per heavy atom. The molecule has 0 spiro atoms. The summed E-state index contributed by atoms with van der Waals surface area (Å²) in [6, 6.07) is 19.7. The molecule has 0 radical (unpaired) electrons. The van der Waals surface area contributed by atoms with Crippen molar-refractivity contribution in [2.75, 3.05) is 0 Å². The van der Waals surface area contributed by atoms with E-state index in [1.54, 1.807) is 12.1 Å². The van der Waals surface area contributed by atoms with Gasteiger partial charge in [-0.2, -0.15) is 5.26 Å². The third kappa shape index (κ3) is 2.91. The van der Waals surface area contributed by atoms with Gasteiger partial charge in [0.05, 0.1) is 11.6 Å². The van der Waals surface area contributed by atoms with Gasteiger partial charge in [0.15, 0.2) is 5.76 Å². The first kappa shape index (κ1) is 14.1. The van der Waals surface area contributed by atoms with Crippen LogP contribution in [0.25, 0.3) is 22.6 Å². The molecule has 3 nitrogen and oxygen atoms in total. The van der Waals surface area contributed by atoms with Crippen LogP contribution in [0, 0.1) is 11.3 Å². The lowest BCUT2D eigenvalue weighted by Gasteiger charge is -1.99. The molecule has 3 rings (SSSR count). The summed E-state index contributed by atoms with van der Waals surface area (Å²) >= 11 is 0. The van der Waals surface area contributed by atoms with E-state index < -0.39 is 0 Å². The van der Waals surface area contributed by atoms with Crippen molar-refractivity contribution in [3.63, 3.8) is 0 Å². The lowest BCUT2D eigenvalue weighted by molar-refractivity contribution is 0.435. The molecule has 0 aliphatic rings. The van der Waals surface area contributed by atoms with Crippen molar-refractivity contribution >= 4 is 0 Å². The normalized spacial score (nSPS) is 10.4. The zero-order valence-corrected chi connectivity index (χ0v) is 12.4. The minimum absolute atomic E-state index is 0.638. The zero-order chi connectivity index (χ0) is 15.4. The molecule has 1 aromatic heterocycles. The van der Waals surface area contributed by atoms with Crippen LogP contribution in [0.5, 0.6) is 0 Å². The van der Waals surface area contributed by atoms with Crippen molar-refractivity contribution in [3.05, 3.63) is 65.7 Å². The first-order chi connectivity index (χ1) is 10.8. The van der Waals surface area contributed by atoms with Gasteiger partial charge in [0.25, 0.3) is 0 Å². The Bertz CT molecular complexity index is 793. The molecule has 0 saturated heterocycles. The predicted molar refractivity (Wildman–Crippen MR) is 86.1 cm³/mol. The Hall–Kier alpha value is -2.86. The van der Waals surface area contributed by atoms with E-state index in [1.165, 1.54) is 5.56 Å². The van der Waals surface area contributed by atoms with Gasteiger partial charge in [-0.25, -0.2) is 0 Å². The Morgan fingerprint density at radius 2 is 1.68 bits per heavy atom. The number of aryl methyl sites for hydroxylation is 1. The van der Waals surface area contributed by atoms with Gasteiger partial charge in [0.1, 0.15) is 5.69 Å². The van der Waals surface area contributed by atoms with E-state index in [0.717, 1.165) is 35.4 Å². The maximum Gasteiger partial charge on any atom is 0.167 e. The fourth-order valence-corrected chi connectivity index (χ4v) is 2.39. The summed E-state index contributed by atoms with van der Waals surface area (Å²) < 4.78 is 5.45. The Morgan fingerprint density at radius 3 is 2.32 bits per heavy atom. The number of nitriles is 1. The number of hydrogen-bond acceptors (Lipinski definition) is 3. The molecular formula is C19H16N2O. The SMILES string of the molecule is CCCc1ccc(-c2cc(-c3ccc(C#N)cc3)no2)cc1. The highest BCUT2D eigenvalue weighted by Gasteiger charge is 2.08. The molecule has 0 saturated carbocycles. The van der Waals surface area contributed by atoms with Crippen LogP contribution >= 0.6 is 0 Å². The fourth-order valence-electron chi connectivity index (χ4n) is 2.39. The van der Waals surface area contributed by atoms with Crippen LogP contribution < -0.4 is 0 Å². The number of aromatic nitrogens is 1. The number of benzene rings is 2. The number of rotatable bonds is 4. The maximum absolute atomic E-state index is 8.83. The number of hydrogen-bond donors (Lipinski definition) is 0. The third-order valence-corrected chi connectivity index (χ3v) is 3.60. The molecule has 0 bridgehead atoms. The molecule has 0 aliphatic heterocycles. The summed E-state index contributed by atoms with van der Waals surface area (Å²) in [7, 11) is 0. The Kier molecular flexibility index (Phi) is 4.02. The quantitative estimate of drug-likeness (QED) is 0.690. The van der Waals surface area contributed by atoms with Crippen LogP contribution in [0.2, 0.25) is 0 Å². The average molecular weight is 288 g/mol. The van der Waals surface area contributed by atoms with Gasteiger partial charge in [0.2, 0.25) is 0 Å². The minimum Gasteiger partial charge on any atom is -0.356 e. The van der Waals surface area contributed by atoms with Crippen molar-refractivity contribution in [1.29, 1.82) is 5.26 Å². The van der Waals surface area contributed by atoms with Crippen LogP contribution in [0.4, 0.5) is 0 Å². The largest absolute Gasteiger partial charge is 0.356 e. The monoisotopic (exact) mass is 288 g/mol. The minimum atomic E-state index is 0.638. The molecule has 0 fully saturated rings. The summed E-state index contributed by atoms with van der Waals surface area (Å²) in [4.78, 5) is 0. The Balaban J connectivity index is 1.85. The van der Waals surface area contributed by atoms with E-state index in [0.29, 0.717) is 5.56 Å². The first-order valence-electron chi connectivity index (χ1n) is 7.36. The second-order valence-electron chi connectivity index (χ2n) is 5.21. The second kappa shape index (κ2) is 6.28. The van der Waals surface area contributed by atoms with Crippen LogP contribution in [-0.2, 0) is 6.42 Å². The maximum atomic E-state index is 8.83.